The van der Waals surface area contributed by atoms with Gasteiger partial charge in [0.05, 0.1) is 24.1 Å². The second-order valence-electron chi connectivity index (χ2n) is 17.7. The molecule has 1 saturated heterocycles. The van der Waals surface area contributed by atoms with E-state index in [1.54, 1.807) is 44.2 Å². The Morgan fingerprint density at radius 3 is 2.44 bits per heavy atom. The Balaban J connectivity index is 1.10. The van der Waals surface area contributed by atoms with E-state index in [-0.39, 0.29) is 36.3 Å². The smallest absolute Gasteiger partial charge is 0.392 e. The number of nitrogens with one attached hydrogen (secondary N) is 3. The van der Waals surface area contributed by atoms with E-state index in [0.29, 0.717) is 35.2 Å². The minimum atomic E-state index is -5.12. The molecule has 5 aliphatic rings. The van der Waals surface area contributed by atoms with Gasteiger partial charge in [-0.25, -0.2) is 8.96 Å². The summed E-state index contributed by atoms with van der Waals surface area (Å²) in [5.74, 6) is -3.92. The summed E-state index contributed by atoms with van der Waals surface area (Å²) in [6, 6.07) is 10.4. The number of ketones is 2. The lowest BCUT2D eigenvalue weighted by molar-refractivity contribution is -0.231. The molecule has 0 unspecified atom stereocenters. The monoisotopic (exact) mass is 959 g/mol. The van der Waals surface area contributed by atoms with E-state index in [2.05, 4.69) is 31.9 Å². The summed E-state index contributed by atoms with van der Waals surface area (Å²) in [5, 5.41) is 30.0. The Morgan fingerprint density at radius 1 is 1.03 bits per heavy atom. The molecule has 4 fully saturated rings. The van der Waals surface area contributed by atoms with Crippen molar-refractivity contribution in [1.29, 1.82) is 0 Å². The summed E-state index contributed by atoms with van der Waals surface area (Å²) in [6.45, 7) is 4.95. The minimum absolute atomic E-state index is 0.0156. The normalized spacial score (nSPS) is 32.9. The highest BCUT2D eigenvalue weighted by Crippen LogP contribution is 2.72. The molecule has 0 radical (unpaired) electrons. The van der Waals surface area contributed by atoms with E-state index in [9.17, 15) is 48.5 Å². The molecule has 7 rings (SSSR count). The number of phosphoric ester groups is 1. The van der Waals surface area contributed by atoms with Gasteiger partial charge in [-0.2, -0.15) is 0 Å². The molecule has 1 aliphatic heterocycles. The van der Waals surface area contributed by atoms with E-state index in [4.69, 9.17) is 14.0 Å². The fraction of sp³-hybridized carbons (Fsp3) is 0.523. The van der Waals surface area contributed by atoms with E-state index < -0.39 is 103 Å². The zero-order chi connectivity index (χ0) is 45.9. The number of benzene rings is 2. The van der Waals surface area contributed by atoms with Gasteiger partial charge in [-0.1, -0.05) is 70.9 Å². The number of carbonyl (C=O) groups excluding carboxylic acids is 5. The van der Waals surface area contributed by atoms with Crippen LogP contribution in [0.5, 0.6) is 0 Å². The zero-order valence-corrected chi connectivity index (χ0v) is 37.6. The maximum Gasteiger partial charge on any atom is 0.470 e. The molecule has 3 saturated carbocycles. The molecule has 19 heteroatoms. The third-order valence-corrected chi connectivity index (χ3v) is 15.0. The molecule has 340 valence electrons. The molecule has 1 heterocycles. The second-order valence-corrected chi connectivity index (χ2v) is 19.5. The first-order valence-corrected chi connectivity index (χ1v) is 23.4. The molecule has 0 bridgehead atoms. The first-order valence-electron chi connectivity index (χ1n) is 20.8. The topological polar surface area (TPSA) is 247 Å². The van der Waals surface area contributed by atoms with Crippen LogP contribution in [0.1, 0.15) is 81.9 Å². The van der Waals surface area contributed by atoms with Gasteiger partial charge in [0.15, 0.2) is 29.1 Å². The van der Waals surface area contributed by atoms with Gasteiger partial charge in [0.2, 0.25) is 17.7 Å². The number of Topliss-reactive ketones (excluding diaryl/α,β-unsaturated/α-hetero) is 1. The summed E-state index contributed by atoms with van der Waals surface area (Å²) in [7, 11) is -5.12. The summed E-state index contributed by atoms with van der Waals surface area (Å²) >= 11 is 3.02. The Kier molecular flexibility index (Phi) is 13.0. The summed E-state index contributed by atoms with van der Waals surface area (Å²) < 4.78 is 47.7. The van der Waals surface area contributed by atoms with Crippen LogP contribution in [0.25, 0.3) is 0 Å². The zero-order valence-electron chi connectivity index (χ0n) is 35.1. The van der Waals surface area contributed by atoms with Crippen LogP contribution in [-0.4, -0.2) is 96.8 Å². The number of fused-ring (bicyclic) bond motifs is 7. The van der Waals surface area contributed by atoms with Gasteiger partial charge in [-0.05, 0) is 88.1 Å². The van der Waals surface area contributed by atoms with Crippen molar-refractivity contribution in [2.45, 2.75) is 108 Å². The predicted molar refractivity (Wildman–Crippen MR) is 227 cm³/mol. The standard InChI is InChI=1S/C44H52BrFN3O13P/c1-23(47-37(54)20-45)38(55)48-24(2)39(56)49-33-11-8-26(16-28(33)21-50)14-25-6-5-7-27(15-25)40-61-36-18-32-31-10-9-29-17-30(51)12-13-41(29,3)43(31,46)34(52)19-42(32,4)44(36,62-40)35(53)22-60-63(57,58)59/h5-8,11-13,15-17,23-24,31-32,34,36,40,50,52H,9-10,14,18-22H2,1-4H3,(H,47,54)(H,48,55)(H,49,56)(H2,57,58,59)/t23-,24-,31-,32-,34-,36+,40+,41-,42-,43-,44+/m0/s1. The van der Waals surface area contributed by atoms with Crippen LogP contribution in [-0.2, 0) is 55.6 Å². The van der Waals surface area contributed by atoms with Gasteiger partial charge >= 0.3 is 7.82 Å². The largest absolute Gasteiger partial charge is 0.470 e. The second kappa shape index (κ2) is 17.4. The number of anilines is 1. The maximum absolute atomic E-state index is 17.9. The molecular formula is C44H52BrFN3O13P. The number of carbonyl (C=O) groups is 5. The molecule has 0 spiro atoms. The average molecular weight is 961 g/mol. The summed E-state index contributed by atoms with van der Waals surface area (Å²) in [4.78, 5) is 83.0. The Labute approximate surface area is 371 Å². The molecule has 2 aromatic rings. The number of aliphatic hydroxyl groups excluding tert-OH is 2. The highest BCUT2D eigenvalue weighted by atomic mass is 79.9. The number of phosphoric acid groups is 1. The highest BCUT2D eigenvalue weighted by Gasteiger charge is 2.79. The fourth-order valence-electron chi connectivity index (χ4n) is 10.9. The number of rotatable bonds is 14. The lowest BCUT2D eigenvalue weighted by Gasteiger charge is -2.62. The van der Waals surface area contributed by atoms with Crippen molar-refractivity contribution < 1.29 is 66.9 Å². The number of hydrogen-bond acceptors (Lipinski definition) is 11. The third kappa shape index (κ3) is 8.31. The van der Waals surface area contributed by atoms with Crippen molar-refractivity contribution in [3.05, 3.63) is 88.5 Å². The average Bonchev–Trinajstić information content (AvgIpc) is 3.74. The van der Waals surface area contributed by atoms with Crippen LogP contribution in [0.3, 0.4) is 0 Å². The lowest BCUT2D eigenvalue weighted by Crippen LogP contribution is -2.69. The van der Waals surface area contributed by atoms with E-state index in [1.165, 1.54) is 32.1 Å². The van der Waals surface area contributed by atoms with Crippen molar-refractivity contribution in [2.75, 3.05) is 17.3 Å². The van der Waals surface area contributed by atoms with Crippen molar-refractivity contribution in [1.82, 2.24) is 10.6 Å². The highest BCUT2D eigenvalue weighted by molar-refractivity contribution is 9.09. The first-order chi connectivity index (χ1) is 29.6. The Hall–Kier alpha value is -3.97. The first kappa shape index (κ1) is 47.0. The van der Waals surface area contributed by atoms with E-state index in [1.807, 2.05) is 12.1 Å². The summed E-state index contributed by atoms with van der Waals surface area (Å²) in [5.41, 5.74) is -3.30. The van der Waals surface area contributed by atoms with Crippen molar-refractivity contribution in [2.24, 2.45) is 22.7 Å². The number of halogens is 2. The van der Waals surface area contributed by atoms with Crippen LogP contribution in [0, 0.1) is 22.7 Å². The van der Waals surface area contributed by atoms with Crippen LogP contribution in [0.15, 0.2) is 66.3 Å². The number of amides is 3. The maximum atomic E-state index is 17.9. The van der Waals surface area contributed by atoms with Gasteiger partial charge in [-0.3, -0.25) is 28.5 Å². The van der Waals surface area contributed by atoms with Crippen molar-refractivity contribution in [3.63, 3.8) is 0 Å². The number of allylic oxidation sites excluding steroid dienone is 4. The van der Waals surface area contributed by atoms with Crippen LogP contribution in [0.2, 0.25) is 0 Å². The van der Waals surface area contributed by atoms with Crippen LogP contribution in [0.4, 0.5) is 10.1 Å². The molecule has 11 atom stereocenters. The van der Waals surface area contributed by atoms with Gasteiger partial charge in [0.1, 0.15) is 18.7 Å². The van der Waals surface area contributed by atoms with Crippen molar-refractivity contribution in [3.8, 4) is 0 Å². The molecule has 0 aromatic heterocycles. The number of ether oxygens (including phenoxy) is 2. The molecule has 3 amide bonds. The quantitative estimate of drug-likeness (QED) is 0.105. The van der Waals surface area contributed by atoms with Crippen LogP contribution < -0.4 is 16.0 Å². The lowest BCUT2D eigenvalue weighted by atomic mass is 9.44. The fourth-order valence-corrected chi connectivity index (χ4v) is 11.4. The molecule has 2 aromatic carbocycles. The van der Waals surface area contributed by atoms with Gasteiger partial charge in [0.25, 0.3) is 0 Å². The third-order valence-electron chi connectivity index (χ3n) is 14.0. The van der Waals surface area contributed by atoms with Gasteiger partial charge in [-0.15, -0.1) is 0 Å². The summed E-state index contributed by atoms with van der Waals surface area (Å²) in [6.07, 6.45) is 1.41. The molecule has 4 aliphatic carbocycles. The Morgan fingerprint density at radius 2 is 1.75 bits per heavy atom. The molecule has 16 nitrogen and oxygen atoms in total. The van der Waals surface area contributed by atoms with Gasteiger partial charge < -0.3 is 45.4 Å². The number of aliphatic hydroxyl groups is 2. The predicted octanol–water partition coefficient (Wildman–Crippen LogP) is 3.92. The number of hydrogen-bond donors (Lipinski definition) is 7. The van der Waals surface area contributed by atoms with Crippen molar-refractivity contribution >= 4 is 58.7 Å². The van der Waals surface area contributed by atoms with Crippen LogP contribution >= 0.6 is 23.8 Å². The number of alkyl halides is 2. The molecule has 7 N–H and O–H groups in total. The minimum Gasteiger partial charge on any atom is -0.392 e. The van der Waals surface area contributed by atoms with E-state index >= 15 is 4.39 Å². The molecule has 63 heavy (non-hydrogen) atoms. The van der Waals surface area contributed by atoms with Gasteiger partial charge in [0, 0.05) is 33.6 Å². The SMILES string of the molecule is C[C@H](NC(=O)CBr)C(=O)N[C@@H](C)C(=O)Nc1ccc(Cc2cccc([C@@H]3O[C@@H]4C[C@H]5[C@@H]6CCC7=CC(=O)C=C[C@]7(C)[C@@]6(F)[C@@H](O)C[C@]5(C)[C@]4(C(=O)COP(=O)(O)O)O3)c2)cc1CO. The Bertz CT molecular complexity index is 2320. The molecular weight excluding hydrogens is 908 g/mol. The van der Waals surface area contributed by atoms with E-state index in [0.717, 1.165) is 11.1 Å².